The minimum atomic E-state index is 0.954. The quantitative estimate of drug-likeness (QED) is 0.153. The highest BCUT2D eigenvalue weighted by molar-refractivity contribution is 7.00. The molecule has 10 rings (SSSR count). The minimum Gasteiger partial charge on any atom is -0.310 e. The number of benzene rings is 9. The second-order valence-corrected chi connectivity index (χ2v) is 16.7. The van der Waals surface area contributed by atoms with E-state index >= 15 is 0 Å². The van der Waals surface area contributed by atoms with Gasteiger partial charge in [0.25, 0.3) is 0 Å². The highest BCUT2D eigenvalue weighted by Gasteiger charge is 2.26. The van der Waals surface area contributed by atoms with Gasteiger partial charge in [0.2, 0.25) is 0 Å². The van der Waals surface area contributed by atoms with E-state index < -0.39 is 0 Å². The second kappa shape index (κ2) is 15.5. The molecule has 0 atom stereocenters. The average molecular weight is 807 g/mol. The van der Waals surface area contributed by atoms with Crippen molar-refractivity contribution in [2.75, 3.05) is 9.80 Å². The first-order valence-corrected chi connectivity index (χ1v) is 21.7. The molecule has 9 aromatic carbocycles. The predicted molar refractivity (Wildman–Crippen MR) is 261 cm³/mol. The van der Waals surface area contributed by atoms with Crippen molar-refractivity contribution in [3.05, 3.63) is 203 Å². The standard InChI is InChI=1S/C56H46N4S/c1-35-33-51(59(43-23-9-7-10-24-43)49-29-17-21-41-19-13-15-27-45(41)49)37(3)31-47(35)53-39(5)40(6)54(56-55(53)57-61-58-56)48-32-38(4)52(34-36(48)2)60(44-25-11-8-12-26-44)50-30-18-22-42-20-14-16-28-46(42)50/h7-34H,1-6H3. The zero-order valence-electron chi connectivity index (χ0n) is 35.4. The van der Waals surface area contributed by atoms with Crippen LogP contribution in [0.5, 0.6) is 0 Å². The Hall–Kier alpha value is -7.08. The van der Waals surface area contributed by atoms with Crippen molar-refractivity contribution in [2.45, 2.75) is 41.5 Å². The first-order chi connectivity index (χ1) is 29.8. The van der Waals surface area contributed by atoms with Gasteiger partial charge in [-0.3, -0.25) is 0 Å². The topological polar surface area (TPSA) is 32.3 Å². The van der Waals surface area contributed by atoms with E-state index in [1.807, 2.05) is 0 Å². The van der Waals surface area contributed by atoms with Crippen LogP contribution in [0, 0.1) is 41.5 Å². The smallest absolute Gasteiger partial charge is 0.113 e. The molecule has 0 aliphatic rings. The monoisotopic (exact) mass is 806 g/mol. The Morgan fingerprint density at radius 3 is 1.16 bits per heavy atom. The Morgan fingerprint density at radius 2 is 0.738 bits per heavy atom. The van der Waals surface area contributed by atoms with E-state index in [0.29, 0.717) is 0 Å². The molecule has 0 spiro atoms. The number of fused-ring (bicyclic) bond motifs is 3. The van der Waals surface area contributed by atoms with Crippen LogP contribution in [0.25, 0.3) is 54.8 Å². The van der Waals surface area contributed by atoms with Crippen molar-refractivity contribution in [1.29, 1.82) is 0 Å². The van der Waals surface area contributed by atoms with Gasteiger partial charge in [0.15, 0.2) is 0 Å². The molecular formula is C56H46N4S. The molecule has 4 nitrogen and oxygen atoms in total. The number of aromatic nitrogens is 2. The van der Waals surface area contributed by atoms with Gasteiger partial charge >= 0.3 is 0 Å². The molecule has 0 fully saturated rings. The number of rotatable bonds is 8. The molecular weight excluding hydrogens is 761 g/mol. The van der Waals surface area contributed by atoms with E-state index in [4.69, 9.17) is 8.75 Å². The van der Waals surface area contributed by atoms with Gasteiger partial charge in [-0.15, -0.1) is 0 Å². The fraction of sp³-hybridized carbons (Fsp3) is 0.107. The van der Waals surface area contributed by atoms with Crippen LogP contribution in [0.3, 0.4) is 0 Å². The molecule has 10 aromatic rings. The summed E-state index contributed by atoms with van der Waals surface area (Å²) in [4.78, 5) is 4.81. The van der Waals surface area contributed by atoms with E-state index in [1.165, 1.54) is 77.8 Å². The molecule has 1 aromatic heterocycles. The van der Waals surface area contributed by atoms with Crippen LogP contribution in [0.15, 0.2) is 170 Å². The number of hydrogen-bond donors (Lipinski definition) is 0. The Kier molecular flexibility index (Phi) is 9.70. The maximum Gasteiger partial charge on any atom is 0.113 e. The number of nitrogens with zero attached hydrogens (tertiary/aromatic N) is 4. The van der Waals surface area contributed by atoms with Crippen molar-refractivity contribution < 1.29 is 0 Å². The fourth-order valence-corrected chi connectivity index (χ4v) is 9.86. The van der Waals surface area contributed by atoms with Gasteiger partial charge in [-0.05, 0) is 157 Å². The van der Waals surface area contributed by atoms with Crippen molar-refractivity contribution in [2.24, 2.45) is 0 Å². The van der Waals surface area contributed by atoms with E-state index in [-0.39, 0.29) is 0 Å². The minimum absolute atomic E-state index is 0.954. The second-order valence-electron chi connectivity index (χ2n) is 16.2. The zero-order valence-corrected chi connectivity index (χ0v) is 36.2. The lowest BCUT2D eigenvalue weighted by atomic mass is 9.85. The molecule has 0 amide bonds. The first-order valence-electron chi connectivity index (χ1n) is 20.9. The van der Waals surface area contributed by atoms with E-state index in [1.54, 1.807) is 0 Å². The summed E-state index contributed by atoms with van der Waals surface area (Å²) in [5.74, 6) is 0. The summed E-state index contributed by atoms with van der Waals surface area (Å²) in [5, 5.41) is 4.87. The van der Waals surface area contributed by atoms with Crippen LogP contribution in [0.2, 0.25) is 0 Å². The Labute approximate surface area is 362 Å². The molecule has 1 heterocycles. The molecule has 0 bridgehead atoms. The SMILES string of the molecule is Cc1cc(N(c2ccccc2)c2cccc3ccccc23)c(C)cc1-c1c(C)c(C)c(-c2cc(C)c(N(c3ccccc3)c3cccc4ccccc34)cc2C)c2nsnc12. The molecule has 0 unspecified atom stereocenters. The molecule has 0 aliphatic carbocycles. The molecule has 0 N–H and O–H groups in total. The Morgan fingerprint density at radius 1 is 0.361 bits per heavy atom. The number of hydrogen-bond acceptors (Lipinski definition) is 5. The van der Waals surface area contributed by atoms with Crippen LogP contribution < -0.4 is 9.80 Å². The summed E-state index contributed by atoms with van der Waals surface area (Å²) >= 11 is 1.30. The van der Waals surface area contributed by atoms with Crippen molar-refractivity contribution in [3.8, 4) is 22.3 Å². The molecule has 0 saturated heterocycles. The van der Waals surface area contributed by atoms with Crippen molar-refractivity contribution >= 4 is 78.4 Å². The zero-order chi connectivity index (χ0) is 41.8. The lowest BCUT2D eigenvalue weighted by Crippen LogP contribution is -2.12. The summed E-state index contributed by atoms with van der Waals surface area (Å²) in [6.45, 7) is 13.5. The normalized spacial score (nSPS) is 11.4. The van der Waals surface area contributed by atoms with Gasteiger partial charge in [0, 0.05) is 44.6 Å². The number of aryl methyl sites for hydroxylation is 4. The van der Waals surface area contributed by atoms with Crippen LogP contribution in [-0.2, 0) is 0 Å². The lowest BCUT2D eigenvalue weighted by Gasteiger charge is -2.30. The first kappa shape index (κ1) is 38.1. The predicted octanol–water partition coefficient (Wildman–Crippen LogP) is 16.1. The van der Waals surface area contributed by atoms with E-state index in [2.05, 4.69) is 221 Å². The van der Waals surface area contributed by atoms with Crippen molar-refractivity contribution in [1.82, 2.24) is 8.75 Å². The third-order valence-electron chi connectivity index (χ3n) is 12.4. The summed E-state index contributed by atoms with van der Waals surface area (Å²) in [6, 6.07) is 61.3. The summed E-state index contributed by atoms with van der Waals surface area (Å²) in [7, 11) is 0. The maximum atomic E-state index is 5.06. The molecule has 0 radical (unpaired) electrons. The van der Waals surface area contributed by atoms with Gasteiger partial charge in [-0.2, -0.15) is 8.75 Å². The van der Waals surface area contributed by atoms with Gasteiger partial charge in [0.05, 0.1) is 23.1 Å². The van der Waals surface area contributed by atoms with Gasteiger partial charge in [0.1, 0.15) is 11.0 Å². The molecule has 0 saturated carbocycles. The van der Waals surface area contributed by atoms with Crippen molar-refractivity contribution in [3.63, 3.8) is 0 Å². The molecule has 0 aliphatic heterocycles. The fourth-order valence-electron chi connectivity index (χ4n) is 9.30. The lowest BCUT2D eigenvalue weighted by molar-refractivity contribution is 1.24. The third-order valence-corrected chi connectivity index (χ3v) is 13.0. The summed E-state index contributed by atoms with van der Waals surface area (Å²) in [5.41, 5.74) is 20.7. The summed E-state index contributed by atoms with van der Waals surface area (Å²) in [6.07, 6.45) is 0. The average Bonchev–Trinajstić information content (AvgIpc) is 3.77. The highest BCUT2D eigenvalue weighted by atomic mass is 32.1. The van der Waals surface area contributed by atoms with E-state index in [0.717, 1.165) is 56.3 Å². The third kappa shape index (κ3) is 6.53. The van der Waals surface area contributed by atoms with Crippen LogP contribution in [-0.4, -0.2) is 8.75 Å². The Balaban J connectivity index is 1.11. The maximum absolute atomic E-state index is 5.06. The summed E-state index contributed by atoms with van der Waals surface area (Å²) < 4.78 is 10.1. The molecule has 5 heteroatoms. The number of para-hydroxylation sites is 2. The van der Waals surface area contributed by atoms with Crippen LogP contribution in [0.4, 0.5) is 34.1 Å². The van der Waals surface area contributed by atoms with Gasteiger partial charge in [-0.1, -0.05) is 109 Å². The molecule has 296 valence electrons. The van der Waals surface area contributed by atoms with Crippen LogP contribution in [0.1, 0.15) is 33.4 Å². The highest BCUT2D eigenvalue weighted by Crippen LogP contribution is 2.48. The van der Waals surface area contributed by atoms with Gasteiger partial charge < -0.3 is 9.80 Å². The Bertz CT molecular complexity index is 3050. The number of anilines is 6. The van der Waals surface area contributed by atoms with E-state index in [9.17, 15) is 0 Å². The van der Waals surface area contributed by atoms with Gasteiger partial charge in [-0.25, -0.2) is 0 Å². The molecule has 61 heavy (non-hydrogen) atoms. The van der Waals surface area contributed by atoms with Crippen LogP contribution >= 0.6 is 11.7 Å². The largest absolute Gasteiger partial charge is 0.310 e.